The van der Waals surface area contributed by atoms with Gasteiger partial charge in [-0.15, -0.1) is 0 Å². The SMILES string of the molecule is CN(C)CC[C@H](CS)Nc1c(Cl)cc(S(=O)(=O)NC(=O)[C@]2(C3CC3)CCCCO2)cc1C#N. The number of nitriles is 1. The van der Waals surface area contributed by atoms with Crippen molar-refractivity contribution in [2.24, 2.45) is 5.92 Å². The Morgan fingerprint density at radius 3 is 2.67 bits per heavy atom. The van der Waals surface area contributed by atoms with Gasteiger partial charge in [-0.25, -0.2) is 13.1 Å². The summed E-state index contributed by atoms with van der Waals surface area (Å²) in [5, 5.41) is 13.0. The minimum atomic E-state index is -4.24. The number of nitrogens with one attached hydrogen (secondary N) is 2. The summed E-state index contributed by atoms with van der Waals surface area (Å²) in [5.41, 5.74) is -0.661. The van der Waals surface area contributed by atoms with Gasteiger partial charge in [0, 0.05) is 18.4 Å². The second-order valence-corrected chi connectivity index (χ2v) is 11.4. The second kappa shape index (κ2) is 10.8. The van der Waals surface area contributed by atoms with E-state index in [0.717, 1.165) is 38.6 Å². The van der Waals surface area contributed by atoms with Crippen molar-refractivity contribution in [2.45, 2.75) is 55.1 Å². The van der Waals surface area contributed by atoms with Crippen LogP contribution < -0.4 is 10.0 Å². The lowest BCUT2D eigenvalue weighted by atomic mass is 9.88. The number of thiol groups is 1. The van der Waals surface area contributed by atoms with Gasteiger partial charge in [-0.05, 0) is 77.2 Å². The fourth-order valence-corrected chi connectivity index (χ4v) is 5.81. The maximum Gasteiger partial charge on any atom is 0.266 e. The van der Waals surface area contributed by atoms with Crippen LogP contribution in [-0.2, 0) is 19.6 Å². The average Bonchev–Trinajstić information content (AvgIpc) is 3.63. The van der Waals surface area contributed by atoms with E-state index >= 15 is 0 Å². The van der Waals surface area contributed by atoms with Crippen LogP contribution in [0.25, 0.3) is 0 Å². The molecule has 1 saturated heterocycles. The van der Waals surface area contributed by atoms with Crippen molar-refractivity contribution in [1.82, 2.24) is 9.62 Å². The number of nitrogens with zero attached hydrogens (tertiary/aromatic N) is 2. The van der Waals surface area contributed by atoms with Crippen molar-refractivity contribution >= 4 is 45.8 Å². The van der Waals surface area contributed by atoms with Gasteiger partial charge in [-0.3, -0.25) is 4.79 Å². The highest BCUT2D eigenvalue weighted by molar-refractivity contribution is 7.90. The van der Waals surface area contributed by atoms with Gasteiger partial charge in [-0.2, -0.15) is 17.9 Å². The minimum absolute atomic E-state index is 0.0400. The Morgan fingerprint density at radius 1 is 1.39 bits per heavy atom. The lowest BCUT2D eigenvalue weighted by Gasteiger charge is -2.36. The van der Waals surface area contributed by atoms with E-state index < -0.39 is 21.5 Å². The van der Waals surface area contributed by atoms with E-state index in [0.29, 0.717) is 24.5 Å². The number of benzene rings is 1. The van der Waals surface area contributed by atoms with Gasteiger partial charge in [-0.1, -0.05) is 11.6 Å². The molecule has 1 aromatic rings. The first-order valence-corrected chi connectivity index (χ1v) is 13.6. The molecule has 0 spiro atoms. The highest BCUT2D eigenvalue weighted by Gasteiger charge is 2.53. The topological polar surface area (TPSA) is 112 Å². The Labute approximate surface area is 206 Å². The van der Waals surface area contributed by atoms with Crippen LogP contribution in [0.2, 0.25) is 5.02 Å². The second-order valence-electron chi connectivity index (χ2n) is 8.96. The predicted molar refractivity (Wildman–Crippen MR) is 131 cm³/mol. The number of hydrogen-bond acceptors (Lipinski definition) is 8. The van der Waals surface area contributed by atoms with Crippen LogP contribution in [0.1, 0.15) is 44.1 Å². The molecule has 8 nitrogen and oxygen atoms in total. The number of carbonyl (C=O) groups excluding carboxylic acids is 1. The Morgan fingerprint density at radius 2 is 2.12 bits per heavy atom. The smallest absolute Gasteiger partial charge is 0.266 e. The molecule has 2 aliphatic rings. The van der Waals surface area contributed by atoms with Gasteiger partial charge in [0.2, 0.25) is 0 Å². The number of anilines is 1. The average molecular weight is 515 g/mol. The number of hydrogen-bond donors (Lipinski definition) is 3. The Bertz CT molecular complexity index is 1020. The van der Waals surface area contributed by atoms with Crippen molar-refractivity contribution < 1.29 is 17.9 Å². The van der Waals surface area contributed by atoms with Gasteiger partial charge in [0.15, 0.2) is 0 Å². The molecule has 1 amide bonds. The Kier molecular flexibility index (Phi) is 8.56. The molecule has 1 heterocycles. The van der Waals surface area contributed by atoms with Crippen LogP contribution >= 0.6 is 24.2 Å². The van der Waals surface area contributed by atoms with Crippen LogP contribution in [0, 0.1) is 17.2 Å². The summed E-state index contributed by atoms with van der Waals surface area (Å²) >= 11 is 10.8. The van der Waals surface area contributed by atoms with E-state index in [-0.39, 0.29) is 27.4 Å². The zero-order valence-electron chi connectivity index (χ0n) is 18.9. The maximum atomic E-state index is 13.1. The van der Waals surface area contributed by atoms with Gasteiger partial charge in [0.25, 0.3) is 15.9 Å². The molecule has 2 N–H and O–H groups in total. The molecule has 2 fully saturated rings. The lowest BCUT2D eigenvalue weighted by Crippen LogP contribution is -2.53. The van der Waals surface area contributed by atoms with Crippen molar-refractivity contribution in [3.63, 3.8) is 0 Å². The Hall–Kier alpha value is -1.51. The molecule has 2 atom stereocenters. The van der Waals surface area contributed by atoms with Crippen molar-refractivity contribution in [3.05, 3.63) is 22.7 Å². The van der Waals surface area contributed by atoms with Gasteiger partial charge < -0.3 is 15.0 Å². The van der Waals surface area contributed by atoms with Crippen molar-refractivity contribution in [3.8, 4) is 6.07 Å². The van der Waals surface area contributed by atoms with Crippen molar-refractivity contribution in [1.29, 1.82) is 5.26 Å². The largest absolute Gasteiger partial charge is 0.379 e. The first kappa shape index (κ1) is 26.1. The molecule has 11 heteroatoms. The molecule has 1 saturated carbocycles. The number of amides is 1. The lowest BCUT2D eigenvalue weighted by molar-refractivity contribution is -0.155. The number of sulfonamides is 1. The molecule has 3 rings (SSSR count). The zero-order valence-corrected chi connectivity index (χ0v) is 21.4. The van der Waals surface area contributed by atoms with Crippen LogP contribution in [0.5, 0.6) is 0 Å². The highest BCUT2D eigenvalue weighted by Crippen LogP contribution is 2.46. The van der Waals surface area contributed by atoms with Gasteiger partial charge >= 0.3 is 0 Å². The van der Waals surface area contributed by atoms with E-state index in [2.05, 4.69) is 22.7 Å². The minimum Gasteiger partial charge on any atom is -0.379 e. The summed E-state index contributed by atoms with van der Waals surface area (Å²) in [5.74, 6) is -0.0903. The molecule has 33 heavy (non-hydrogen) atoms. The number of halogens is 1. The molecule has 0 unspecified atom stereocenters. The summed E-state index contributed by atoms with van der Waals surface area (Å²) in [7, 11) is -0.322. The molecule has 1 aromatic carbocycles. The molecular weight excluding hydrogens is 484 g/mol. The van der Waals surface area contributed by atoms with E-state index in [4.69, 9.17) is 16.3 Å². The number of rotatable bonds is 10. The molecule has 182 valence electrons. The number of ether oxygens (including phenoxy) is 1. The van der Waals surface area contributed by atoms with E-state index in [1.807, 2.05) is 25.1 Å². The third-order valence-corrected chi connectivity index (χ3v) is 8.19. The first-order valence-electron chi connectivity index (χ1n) is 11.1. The van der Waals surface area contributed by atoms with E-state index in [1.165, 1.54) is 12.1 Å². The first-order chi connectivity index (χ1) is 15.6. The number of carbonyl (C=O) groups is 1. The summed E-state index contributed by atoms with van der Waals surface area (Å²) < 4.78 is 34.2. The summed E-state index contributed by atoms with van der Waals surface area (Å²) in [4.78, 5) is 14.9. The van der Waals surface area contributed by atoms with Crippen LogP contribution in [0.3, 0.4) is 0 Å². The summed E-state index contributed by atoms with van der Waals surface area (Å²) in [6.45, 7) is 1.25. The van der Waals surface area contributed by atoms with Crippen LogP contribution in [0.15, 0.2) is 17.0 Å². The zero-order chi connectivity index (χ0) is 24.2. The summed E-state index contributed by atoms with van der Waals surface area (Å²) in [6, 6.07) is 4.44. The highest BCUT2D eigenvalue weighted by atomic mass is 35.5. The molecular formula is C22H31ClN4O4S2. The third kappa shape index (κ3) is 6.14. The quantitative estimate of drug-likeness (QED) is 0.411. The molecule has 0 aromatic heterocycles. The van der Waals surface area contributed by atoms with Gasteiger partial charge in [0.1, 0.15) is 11.7 Å². The normalized spacial score (nSPS) is 21.9. The molecule has 1 aliphatic carbocycles. The standard InChI is InChI=1S/C22H31ClN4O4S2/c1-27(2)9-7-17(14-32)25-20-15(13-24)11-18(12-19(20)23)33(29,30)26-21(28)22(16-5-6-16)8-3-4-10-31-22/h11-12,16-17,25,32H,3-10,14H2,1-2H3,(H,26,28)/t17-,22-/m1/s1. The maximum absolute atomic E-state index is 13.1. The third-order valence-electron chi connectivity index (χ3n) is 6.14. The monoisotopic (exact) mass is 514 g/mol. The van der Waals surface area contributed by atoms with Gasteiger partial charge in [0.05, 0.1) is 21.2 Å². The molecule has 0 radical (unpaired) electrons. The fraction of sp³-hybridized carbons (Fsp3) is 0.636. The predicted octanol–water partition coefficient (Wildman–Crippen LogP) is 3.03. The molecule has 0 bridgehead atoms. The summed E-state index contributed by atoms with van der Waals surface area (Å²) in [6.07, 6.45) is 4.62. The molecule has 1 aliphatic heterocycles. The Balaban J connectivity index is 1.83. The van der Waals surface area contributed by atoms with Crippen molar-refractivity contribution in [2.75, 3.05) is 38.3 Å². The van der Waals surface area contributed by atoms with Crippen LogP contribution in [-0.4, -0.2) is 63.9 Å². The fourth-order valence-electron chi connectivity index (χ4n) is 4.12. The van der Waals surface area contributed by atoms with E-state index in [1.54, 1.807) is 0 Å². The van der Waals surface area contributed by atoms with Crippen LogP contribution in [0.4, 0.5) is 5.69 Å². The van der Waals surface area contributed by atoms with E-state index in [9.17, 15) is 18.5 Å².